The van der Waals surface area contributed by atoms with Crippen LogP contribution in [0.1, 0.15) is 335 Å². The number of rotatable bonds is 57. The van der Waals surface area contributed by atoms with E-state index in [0.29, 0.717) is 19.4 Å². The third kappa shape index (κ3) is 53.7. The fraction of sp³-hybridized carbons (Fsp3) is 0.903. The lowest BCUT2D eigenvalue weighted by Crippen LogP contribution is -2.45. The Kier molecular flexibility index (Phi) is 56.5. The first-order valence-electron chi connectivity index (χ1n) is 30.6. The van der Waals surface area contributed by atoms with Crippen LogP contribution in [0.25, 0.3) is 0 Å². The summed E-state index contributed by atoms with van der Waals surface area (Å²) in [5.74, 6) is -0.0584. The Balaban J connectivity index is 3.37. The first-order valence-corrected chi connectivity index (χ1v) is 30.6. The van der Waals surface area contributed by atoms with Crippen LogP contribution in [0.3, 0.4) is 0 Å². The summed E-state index contributed by atoms with van der Waals surface area (Å²) in [6.45, 7) is 4.90. The molecule has 0 radical (unpaired) electrons. The second-order valence-corrected chi connectivity index (χ2v) is 21.0. The topological polar surface area (TPSA) is 95.9 Å². The Bertz CT molecular complexity index is 1060. The number of aliphatic hydroxyl groups excluding tert-OH is 2. The number of allylic oxidation sites excluding steroid dienone is 3. The van der Waals surface area contributed by atoms with E-state index in [1.165, 1.54) is 263 Å². The molecule has 0 rings (SSSR count). The molecular weight excluding hydrogens is 839 g/mol. The van der Waals surface area contributed by atoms with Gasteiger partial charge >= 0.3 is 5.97 Å². The quantitative estimate of drug-likeness (QED) is 0.0321. The second-order valence-electron chi connectivity index (χ2n) is 21.0. The van der Waals surface area contributed by atoms with Crippen LogP contribution >= 0.6 is 0 Å². The van der Waals surface area contributed by atoms with Gasteiger partial charge in [0, 0.05) is 12.8 Å². The van der Waals surface area contributed by atoms with Crippen LogP contribution in [-0.4, -0.2) is 47.4 Å². The van der Waals surface area contributed by atoms with Crippen LogP contribution in [0, 0.1) is 0 Å². The van der Waals surface area contributed by atoms with Gasteiger partial charge in [-0.3, -0.25) is 9.59 Å². The largest absolute Gasteiger partial charge is 0.466 e. The number of nitrogens with one attached hydrogen (secondary N) is 1. The standard InChI is InChI=1S/C62H119NO5/c1-3-5-7-9-11-13-15-17-18-25-29-32-36-40-44-48-52-56-62(67)68-57-53-49-45-41-37-33-30-27-24-22-20-19-21-23-26-28-31-35-39-43-47-51-55-61(66)63-59(58-64)60(65)54-50-46-42-38-34-16-14-12-10-8-6-4-2/h17-18,50,54,59-60,64-65H,3-16,19-49,51-53,55-58H2,1-2H3,(H,63,66)/b18-17-,54-50+. The summed E-state index contributed by atoms with van der Waals surface area (Å²) in [4.78, 5) is 24.5. The van der Waals surface area contributed by atoms with E-state index in [9.17, 15) is 19.8 Å². The predicted octanol–water partition coefficient (Wildman–Crippen LogP) is 19.0. The zero-order valence-electron chi connectivity index (χ0n) is 45.9. The molecule has 0 saturated carbocycles. The van der Waals surface area contributed by atoms with Crippen LogP contribution in [-0.2, 0) is 14.3 Å². The molecule has 0 fully saturated rings. The molecule has 0 aliphatic rings. The minimum atomic E-state index is -0.843. The maximum Gasteiger partial charge on any atom is 0.305 e. The van der Waals surface area contributed by atoms with Gasteiger partial charge in [0.25, 0.3) is 0 Å². The van der Waals surface area contributed by atoms with Crippen molar-refractivity contribution in [2.45, 2.75) is 347 Å². The van der Waals surface area contributed by atoms with Crippen molar-refractivity contribution in [3.8, 4) is 0 Å². The number of carbonyl (C=O) groups is 2. The van der Waals surface area contributed by atoms with Gasteiger partial charge in [-0.05, 0) is 57.8 Å². The lowest BCUT2D eigenvalue weighted by molar-refractivity contribution is -0.143. The lowest BCUT2D eigenvalue weighted by atomic mass is 10.0. The van der Waals surface area contributed by atoms with Gasteiger partial charge in [0.2, 0.25) is 5.91 Å². The minimum absolute atomic E-state index is 0.00956. The highest BCUT2D eigenvalue weighted by Crippen LogP contribution is 2.17. The molecule has 402 valence electrons. The van der Waals surface area contributed by atoms with Crippen molar-refractivity contribution in [2.24, 2.45) is 0 Å². The molecule has 2 atom stereocenters. The molecule has 6 heteroatoms. The van der Waals surface area contributed by atoms with Gasteiger partial charge in [0.05, 0.1) is 25.4 Å². The number of aliphatic hydroxyl groups is 2. The van der Waals surface area contributed by atoms with Crippen LogP contribution in [0.5, 0.6) is 0 Å². The average Bonchev–Trinajstić information content (AvgIpc) is 3.34. The Morgan fingerprint density at radius 3 is 1.04 bits per heavy atom. The number of carbonyl (C=O) groups excluding carboxylic acids is 2. The van der Waals surface area contributed by atoms with Crippen molar-refractivity contribution in [1.29, 1.82) is 0 Å². The fourth-order valence-electron chi connectivity index (χ4n) is 9.51. The zero-order chi connectivity index (χ0) is 49.3. The third-order valence-corrected chi connectivity index (χ3v) is 14.2. The molecule has 0 aromatic rings. The summed E-state index contributed by atoms with van der Waals surface area (Å²) < 4.78 is 5.49. The van der Waals surface area contributed by atoms with Gasteiger partial charge in [-0.15, -0.1) is 0 Å². The molecule has 0 aliphatic carbocycles. The van der Waals surface area contributed by atoms with E-state index < -0.39 is 12.1 Å². The molecule has 0 aromatic heterocycles. The van der Waals surface area contributed by atoms with Gasteiger partial charge < -0.3 is 20.3 Å². The molecule has 1 amide bonds. The van der Waals surface area contributed by atoms with Crippen molar-refractivity contribution in [2.75, 3.05) is 13.2 Å². The molecule has 6 nitrogen and oxygen atoms in total. The molecule has 0 aliphatic heterocycles. The van der Waals surface area contributed by atoms with E-state index in [4.69, 9.17) is 4.74 Å². The van der Waals surface area contributed by atoms with Gasteiger partial charge in [0.1, 0.15) is 0 Å². The molecule has 68 heavy (non-hydrogen) atoms. The van der Waals surface area contributed by atoms with Gasteiger partial charge in [-0.25, -0.2) is 0 Å². The van der Waals surface area contributed by atoms with Crippen molar-refractivity contribution in [1.82, 2.24) is 5.32 Å². The Morgan fingerprint density at radius 2 is 0.691 bits per heavy atom. The average molecular weight is 959 g/mol. The Morgan fingerprint density at radius 1 is 0.397 bits per heavy atom. The van der Waals surface area contributed by atoms with Crippen molar-refractivity contribution in [3.63, 3.8) is 0 Å². The SMILES string of the molecule is CCCCCCCC/C=C\CCCCCCCCCC(=O)OCCCCCCCCCCCCCCCCCCCCCCCCC(=O)NC(CO)C(O)/C=C/CCCCCCCCCCCC. The highest BCUT2D eigenvalue weighted by atomic mass is 16.5. The van der Waals surface area contributed by atoms with Crippen molar-refractivity contribution >= 4 is 11.9 Å². The molecule has 0 spiro atoms. The summed E-state index contributed by atoms with van der Waals surface area (Å²) in [6.07, 6.45) is 70.7. The first-order chi connectivity index (χ1) is 33.5. The van der Waals surface area contributed by atoms with Crippen LogP contribution < -0.4 is 5.32 Å². The molecule has 3 N–H and O–H groups in total. The molecule has 0 bridgehead atoms. The fourth-order valence-corrected chi connectivity index (χ4v) is 9.51. The Hall–Kier alpha value is -1.66. The first kappa shape index (κ1) is 66.3. The highest BCUT2D eigenvalue weighted by Gasteiger charge is 2.18. The summed E-state index contributed by atoms with van der Waals surface area (Å²) in [6, 6.07) is -0.626. The second kappa shape index (κ2) is 57.9. The smallest absolute Gasteiger partial charge is 0.305 e. The van der Waals surface area contributed by atoms with E-state index in [1.54, 1.807) is 6.08 Å². The molecule has 0 heterocycles. The van der Waals surface area contributed by atoms with E-state index in [-0.39, 0.29) is 18.5 Å². The maximum absolute atomic E-state index is 12.4. The third-order valence-electron chi connectivity index (χ3n) is 14.2. The molecular formula is C62H119NO5. The number of esters is 1. The number of hydrogen-bond acceptors (Lipinski definition) is 5. The number of hydrogen-bond donors (Lipinski definition) is 3. The van der Waals surface area contributed by atoms with Crippen molar-refractivity contribution < 1.29 is 24.5 Å². The summed E-state index contributed by atoms with van der Waals surface area (Å²) in [5.41, 5.74) is 0. The van der Waals surface area contributed by atoms with Gasteiger partial charge in [0.15, 0.2) is 0 Å². The van der Waals surface area contributed by atoms with Crippen LogP contribution in [0.15, 0.2) is 24.3 Å². The summed E-state index contributed by atoms with van der Waals surface area (Å²) in [5, 5.41) is 23.1. The molecule has 2 unspecified atom stereocenters. The minimum Gasteiger partial charge on any atom is -0.466 e. The number of unbranched alkanes of at least 4 members (excludes halogenated alkanes) is 44. The Labute approximate surface area is 424 Å². The zero-order valence-corrected chi connectivity index (χ0v) is 45.9. The van der Waals surface area contributed by atoms with E-state index in [0.717, 1.165) is 44.9 Å². The predicted molar refractivity (Wildman–Crippen MR) is 296 cm³/mol. The molecule has 0 aromatic carbocycles. The van der Waals surface area contributed by atoms with E-state index >= 15 is 0 Å². The number of ether oxygens (including phenoxy) is 1. The van der Waals surface area contributed by atoms with Gasteiger partial charge in [-0.2, -0.15) is 0 Å². The van der Waals surface area contributed by atoms with Gasteiger partial charge in [-0.1, -0.05) is 289 Å². The summed E-state index contributed by atoms with van der Waals surface area (Å²) in [7, 11) is 0. The summed E-state index contributed by atoms with van der Waals surface area (Å²) >= 11 is 0. The molecule has 0 saturated heterocycles. The van der Waals surface area contributed by atoms with Crippen LogP contribution in [0.4, 0.5) is 0 Å². The normalized spacial score (nSPS) is 12.7. The number of amides is 1. The van der Waals surface area contributed by atoms with E-state index in [1.807, 2.05) is 6.08 Å². The van der Waals surface area contributed by atoms with E-state index in [2.05, 4.69) is 31.3 Å². The maximum atomic E-state index is 12.4. The monoisotopic (exact) mass is 958 g/mol. The van der Waals surface area contributed by atoms with Crippen LogP contribution in [0.2, 0.25) is 0 Å². The van der Waals surface area contributed by atoms with Crippen molar-refractivity contribution in [3.05, 3.63) is 24.3 Å². The highest BCUT2D eigenvalue weighted by molar-refractivity contribution is 5.76. The lowest BCUT2D eigenvalue weighted by Gasteiger charge is -2.20.